The molecule has 86 valence electrons. The Labute approximate surface area is 97.0 Å². The van der Waals surface area contributed by atoms with Gasteiger partial charge in [0.05, 0.1) is 5.56 Å². The van der Waals surface area contributed by atoms with E-state index in [0.717, 1.165) is 5.56 Å². The van der Waals surface area contributed by atoms with E-state index in [9.17, 15) is 9.59 Å². The Morgan fingerprint density at radius 1 is 1.29 bits per heavy atom. The summed E-state index contributed by atoms with van der Waals surface area (Å²) in [5.74, 6) is -1.02. The van der Waals surface area contributed by atoms with Gasteiger partial charge < -0.3 is 9.67 Å². The van der Waals surface area contributed by atoms with E-state index in [1.54, 1.807) is 25.5 Å². The highest BCUT2D eigenvalue weighted by atomic mass is 16.4. The van der Waals surface area contributed by atoms with Crippen molar-refractivity contribution >= 4 is 5.97 Å². The minimum absolute atomic E-state index is 0.115. The van der Waals surface area contributed by atoms with Crippen molar-refractivity contribution in [3.63, 3.8) is 0 Å². The molecular weight excluding hydrogens is 220 g/mol. The molecule has 0 aliphatic rings. The summed E-state index contributed by atoms with van der Waals surface area (Å²) in [7, 11) is 1.64. The predicted octanol–water partition coefficient (Wildman–Crippen LogP) is 1.15. The number of aryl methyl sites for hydroxylation is 1. The lowest BCUT2D eigenvalue weighted by molar-refractivity contribution is 0.0696. The van der Waals surface area contributed by atoms with Crippen molar-refractivity contribution in [2.24, 2.45) is 7.05 Å². The van der Waals surface area contributed by atoms with Gasteiger partial charge in [-0.3, -0.25) is 9.78 Å². The molecule has 0 aliphatic heterocycles. The largest absolute Gasteiger partial charge is 0.478 e. The number of carbonyl (C=O) groups is 1. The summed E-state index contributed by atoms with van der Waals surface area (Å²) in [6, 6.07) is 4.60. The van der Waals surface area contributed by atoms with E-state index in [2.05, 4.69) is 4.98 Å². The van der Waals surface area contributed by atoms with Gasteiger partial charge in [0.25, 0.3) is 0 Å². The highest BCUT2D eigenvalue weighted by molar-refractivity contribution is 5.88. The van der Waals surface area contributed by atoms with Gasteiger partial charge in [0.1, 0.15) is 0 Å². The summed E-state index contributed by atoms with van der Waals surface area (Å²) >= 11 is 0. The first-order valence-corrected chi connectivity index (χ1v) is 4.93. The Hall–Kier alpha value is -2.43. The van der Waals surface area contributed by atoms with Crippen LogP contribution in [-0.4, -0.2) is 20.6 Å². The second-order valence-electron chi connectivity index (χ2n) is 3.63. The highest BCUT2D eigenvalue weighted by Gasteiger charge is 2.06. The zero-order chi connectivity index (χ0) is 12.4. The molecule has 17 heavy (non-hydrogen) atoms. The molecule has 2 aromatic rings. The van der Waals surface area contributed by atoms with Gasteiger partial charge in [-0.15, -0.1) is 0 Å². The zero-order valence-electron chi connectivity index (χ0n) is 9.12. The van der Waals surface area contributed by atoms with Crippen molar-refractivity contribution < 1.29 is 9.90 Å². The van der Waals surface area contributed by atoms with Crippen molar-refractivity contribution in [2.75, 3.05) is 0 Å². The first-order chi connectivity index (χ1) is 8.08. The van der Waals surface area contributed by atoms with Gasteiger partial charge in [-0.05, 0) is 17.7 Å². The van der Waals surface area contributed by atoms with Crippen molar-refractivity contribution in [3.8, 4) is 11.1 Å². The maximum absolute atomic E-state index is 11.2. The normalized spacial score (nSPS) is 10.2. The number of aromatic carboxylic acids is 1. The van der Waals surface area contributed by atoms with Crippen LogP contribution >= 0.6 is 0 Å². The van der Waals surface area contributed by atoms with E-state index in [1.165, 1.54) is 22.9 Å². The summed E-state index contributed by atoms with van der Waals surface area (Å²) in [4.78, 5) is 25.9. The molecule has 0 fully saturated rings. The Bertz CT molecular complexity index is 632. The lowest BCUT2D eigenvalue weighted by atomic mass is 10.1. The minimum Gasteiger partial charge on any atom is -0.478 e. The number of nitrogens with zero attached hydrogens (tertiary/aromatic N) is 2. The molecule has 2 rings (SSSR count). The average molecular weight is 230 g/mol. The van der Waals surface area contributed by atoms with Gasteiger partial charge in [0, 0.05) is 37.3 Å². The SMILES string of the molecule is Cn1cc(-c2cncc(C(=O)O)c2)ccc1=O. The second-order valence-corrected chi connectivity index (χ2v) is 3.63. The van der Waals surface area contributed by atoms with Crippen LogP contribution in [0.5, 0.6) is 0 Å². The van der Waals surface area contributed by atoms with E-state index in [-0.39, 0.29) is 11.1 Å². The van der Waals surface area contributed by atoms with Crippen LogP contribution in [0.4, 0.5) is 0 Å². The van der Waals surface area contributed by atoms with Gasteiger partial charge in [-0.2, -0.15) is 0 Å². The number of carboxylic acid groups (broad SMARTS) is 1. The Morgan fingerprint density at radius 3 is 2.71 bits per heavy atom. The highest BCUT2D eigenvalue weighted by Crippen LogP contribution is 2.17. The third kappa shape index (κ3) is 2.23. The fourth-order valence-electron chi connectivity index (χ4n) is 1.48. The van der Waals surface area contributed by atoms with Crippen molar-refractivity contribution in [2.45, 2.75) is 0 Å². The Kier molecular flexibility index (Phi) is 2.74. The molecule has 5 heteroatoms. The molecule has 0 unspecified atom stereocenters. The standard InChI is InChI=1S/C12H10N2O3/c1-14-7-8(2-3-11(14)15)9-4-10(12(16)17)6-13-5-9/h2-7H,1H3,(H,16,17). The Balaban J connectivity index is 2.52. The van der Waals surface area contributed by atoms with E-state index < -0.39 is 5.97 Å². The number of aromatic nitrogens is 2. The maximum atomic E-state index is 11.2. The average Bonchev–Trinajstić information content (AvgIpc) is 2.33. The first kappa shape index (κ1) is 11.1. The summed E-state index contributed by atoms with van der Waals surface area (Å²) in [5.41, 5.74) is 1.43. The van der Waals surface area contributed by atoms with Crippen molar-refractivity contribution in [1.82, 2.24) is 9.55 Å². The molecule has 0 bridgehead atoms. The lowest BCUT2D eigenvalue weighted by Crippen LogP contribution is -2.14. The van der Waals surface area contributed by atoms with Crippen molar-refractivity contribution in [3.05, 3.63) is 52.7 Å². The maximum Gasteiger partial charge on any atom is 0.337 e. The molecule has 0 spiro atoms. The van der Waals surface area contributed by atoms with Gasteiger partial charge in [-0.25, -0.2) is 4.79 Å². The number of hydrogen-bond acceptors (Lipinski definition) is 3. The molecule has 0 saturated carbocycles. The first-order valence-electron chi connectivity index (χ1n) is 4.93. The third-order valence-corrected chi connectivity index (χ3v) is 2.40. The third-order valence-electron chi connectivity index (χ3n) is 2.40. The van der Waals surface area contributed by atoms with Gasteiger partial charge in [-0.1, -0.05) is 0 Å². The van der Waals surface area contributed by atoms with Crippen LogP contribution in [0.3, 0.4) is 0 Å². The van der Waals surface area contributed by atoms with E-state index in [0.29, 0.717) is 5.56 Å². The fourth-order valence-corrected chi connectivity index (χ4v) is 1.48. The van der Waals surface area contributed by atoms with Crippen LogP contribution in [0, 0.1) is 0 Å². The summed E-state index contributed by atoms with van der Waals surface area (Å²) in [5, 5.41) is 8.86. The molecule has 0 amide bonds. The zero-order valence-corrected chi connectivity index (χ0v) is 9.12. The molecule has 0 aliphatic carbocycles. The lowest BCUT2D eigenvalue weighted by Gasteiger charge is -2.04. The molecule has 0 saturated heterocycles. The number of hydrogen-bond donors (Lipinski definition) is 1. The molecule has 2 heterocycles. The van der Waals surface area contributed by atoms with E-state index >= 15 is 0 Å². The van der Waals surface area contributed by atoms with Gasteiger partial charge in [0.15, 0.2) is 0 Å². The number of carboxylic acids is 1. The topological polar surface area (TPSA) is 72.2 Å². The van der Waals surface area contributed by atoms with Gasteiger partial charge in [0.2, 0.25) is 5.56 Å². The monoisotopic (exact) mass is 230 g/mol. The molecule has 0 radical (unpaired) electrons. The number of rotatable bonds is 2. The number of pyridine rings is 2. The predicted molar refractivity (Wildman–Crippen MR) is 61.9 cm³/mol. The summed E-state index contributed by atoms with van der Waals surface area (Å²) < 4.78 is 1.43. The molecule has 0 aromatic carbocycles. The molecule has 0 atom stereocenters. The van der Waals surface area contributed by atoms with Crippen LogP contribution in [0.15, 0.2) is 41.6 Å². The quantitative estimate of drug-likeness (QED) is 0.839. The van der Waals surface area contributed by atoms with Crippen LogP contribution in [0.1, 0.15) is 10.4 Å². The fraction of sp³-hybridized carbons (Fsp3) is 0.0833. The van der Waals surface area contributed by atoms with Crippen molar-refractivity contribution in [1.29, 1.82) is 0 Å². The van der Waals surface area contributed by atoms with Crippen LogP contribution in [0.2, 0.25) is 0 Å². The Morgan fingerprint density at radius 2 is 2.06 bits per heavy atom. The second kappa shape index (κ2) is 4.21. The van der Waals surface area contributed by atoms with Crippen LogP contribution < -0.4 is 5.56 Å². The smallest absolute Gasteiger partial charge is 0.337 e. The summed E-state index contributed by atoms with van der Waals surface area (Å²) in [6.45, 7) is 0. The van der Waals surface area contributed by atoms with E-state index in [4.69, 9.17) is 5.11 Å². The molecule has 5 nitrogen and oxygen atoms in total. The molecular formula is C12H10N2O3. The van der Waals surface area contributed by atoms with Crippen LogP contribution in [0.25, 0.3) is 11.1 Å². The van der Waals surface area contributed by atoms with Crippen LogP contribution in [-0.2, 0) is 7.05 Å². The molecule has 1 N–H and O–H groups in total. The van der Waals surface area contributed by atoms with Gasteiger partial charge >= 0.3 is 5.97 Å². The van der Waals surface area contributed by atoms with E-state index in [1.807, 2.05) is 0 Å². The molecule has 2 aromatic heterocycles. The minimum atomic E-state index is -1.02. The summed E-state index contributed by atoms with van der Waals surface area (Å²) in [6.07, 6.45) is 4.49.